The Bertz CT molecular complexity index is 1330. The van der Waals surface area contributed by atoms with E-state index in [0.29, 0.717) is 29.3 Å². The number of amides is 1. The molecule has 3 rings (SSSR count). The third kappa shape index (κ3) is 4.71. The largest absolute Gasteiger partial charge is 0.501 e. The number of aryl methyl sites for hydroxylation is 1. The number of carbonyl (C=O) groups is 1. The first-order valence-electron chi connectivity index (χ1n) is 8.61. The van der Waals surface area contributed by atoms with Crippen LogP contribution in [-0.2, 0) is 16.4 Å². The van der Waals surface area contributed by atoms with E-state index in [2.05, 4.69) is 20.4 Å². The number of nitrogens with zero attached hydrogens (tertiary/aromatic N) is 5. The molecule has 166 valence electrons. The Labute approximate surface area is 184 Å². The Morgan fingerprint density at radius 1 is 1.28 bits per heavy atom. The molecule has 1 N–H and O–H groups in total. The standard InChI is InChI=1S/C18H12ClF3N6O3S/c1-10-26-16(28(27-10)15-3-2-11(7-23)8-24-15)9-25-17(29)12-4-13(19)6-14(5-12)32(30,31)18(20,21)22/h2-6,8H,9H2,1H3,(H,25,29). The minimum atomic E-state index is -5.69. The summed E-state index contributed by atoms with van der Waals surface area (Å²) in [7, 11) is -5.69. The summed E-state index contributed by atoms with van der Waals surface area (Å²) in [5.41, 5.74) is -5.61. The number of hydrogen-bond acceptors (Lipinski definition) is 7. The van der Waals surface area contributed by atoms with Gasteiger partial charge in [0.2, 0.25) is 0 Å². The fourth-order valence-electron chi connectivity index (χ4n) is 2.58. The first-order valence-corrected chi connectivity index (χ1v) is 10.5. The van der Waals surface area contributed by atoms with Crippen molar-refractivity contribution in [3.8, 4) is 11.9 Å². The van der Waals surface area contributed by atoms with Gasteiger partial charge in [-0.3, -0.25) is 4.79 Å². The van der Waals surface area contributed by atoms with Crippen LogP contribution in [0.3, 0.4) is 0 Å². The van der Waals surface area contributed by atoms with Gasteiger partial charge in [0, 0.05) is 16.8 Å². The summed E-state index contributed by atoms with van der Waals surface area (Å²) < 4.78 is 63.1. The molecular weight excluding hydrogens is 473 g/mol. The van der Waals surface area contributed by atoms with Crippen molar-refractivity contribution in [3.05, 3.63) is 64.3 Å². The lowest BCUT2D eigenvalue weighted by Crippen LogP contribution is -2.26. The third-order valence-electron chi connectivity index (χ3n) is 4.03. The van der Waals surface area contributed by atoms with E-state index in [1.807, 2.05) is 6.07 Å². The van der Waals surface area contributed by atoms with E-state index < -0.39 is 26.1 Å². The molecule has 0 aliphatic rings. The van der Waals surface area contributed by atoms with Gasteiger partial charge in [0.15, 0.2) is 11.6 Å². The van der Waals surface area contributed by atoms with Gasteiger partial charge in [0.25, 0.3) is 15.7 Å². The van der Waals surface area contributed by atoms with Gasteiger partial charge in [0.1, 0.15) is 11.9 Å². The quantitative estimate of drug-likeness (QED) is 0.589. The minimum Gasteiger partial charge on any atom is -0.345 e. The SMILES string of the molecule is Cc1nc(CNC(=O)c2cc(Cl)cc(S(=O)(=O)C(F)(F)F)c2)n(-c2ccc(C#N)cn2)n1. The second-order valence-electron chi connectivity index (χ2n) is 6.31. The second-order valence-corrected chi connectivity index (χ2v) is 8.69. The lowest BCUT2D eigenvalue weighted by molar-refractivity contribution is -0.0436. The molecular formula is C18H12ClF3N6O3S. The molecule has 32 heavy (non-hydrogen) atoms. The number of nitrogens with one attached hydrogen (secondary N) is 1. The van der Waals surface area contributed by atoms with Crippen LogP contribution in [-0.4, -0.2) is 39.6 Å². The van der Waals surface area contributed by atoms with Crippen molar-refractivity contribution in [1.82, 2.24) is 25.1 Å². The zero-order valence-electron chi connectivity index (χ0n) is 16.1. The number of sulfone groups is 1. The summed E-state index contributed by atoms with van der Waals surface area (Å²) in [5.74, 6) is 0.0150. The minimum absolute atomic E-state index is 0.213. The first kappa shape index (κ1) is 23.2. The summed E-state index contributed by atoms with van der Waals surface area (Å²) >= 11 is 5.73. The molecule has 14 heteroatoms. The lowest BCUT2D eigenvalue weighted by Gasteiger charge is -2.11. The predicted molar refractivity (Wildman–Crippen MR) is 104 cm³/mol. The van der Waals surface area contributed by atoms with Gasteiger partial charge in [-0.1, -0.05) is 11.6 Å². The second kappa shape index (κ2) is 8.56. The molecule has 9 nitrogen and oxygen atoms in total. The van der Waals surface area contributed by atoms with E-state index in [9.17, 15) is 26.4 Å². The van der Waals surface area contributed by atoms with Crippen molar-refractivity contribution in [2.75, 3.05) is 0 Å². The van der Waals surface area contributed by atoms with Crippen LogP contribution in [0.5, 0.6) is 0 Å². The fourth-order valence-corrected chi connectivity index (χ4v) is 3.71. The molecule has 1 aromatic carbocycles. The summed E-state index contributed by atoms with van der Waals surface area (Å²) in [4.78, 5) is 19.6. The lowest BCUT2D eigenvalue weighted by atomic mass is 10.2. The van der Waals surface area contributed by atoms with Gasteiger partial charge < -0.3 is 5.32 Å². The molecule has 0 saturated carbocycles. The van der Waals surface area contributed by atoms with Gasteiger partial charge in [-0.2, -0.15) is 23.1 Å². The fraction of sp³-hybridized carbons (Fsp3) is 0.167. The van der Waals surface area contributed by atoms with E-state index >= 15 is 0 Å². The molecule has 0 spiro atoms. The number of alkyl halides is 3. The Morgan fingerprint density at radius 2 is 2.00 bits per heavy atom. The van der Waals surface area contributed by atoms with Crippen LogP contribution in [0.2, 0.25) is 5.02 Å². The van der Waals surface area contributed by atoms with Gasteiger partial charge in [-0.05, 0) is 37.3 Å². The topological polar surface area (TPSA) is 131 Å². The van der Waals surface area contributed by atoms with E-state index in [1.165, 1.54) is 23.0 Å². The molecule has 0 fully saturated rings. The van der Waals surface area contributed by atoms with Crippen molar-refractivity contribution in [2.24, 2.45) is 0 Å². The van der Waals surface area contributed by atoms with Gasteiger partial charge in [-0.15, -0.1) is 5.10 Å². The molecule has 0 unspecified atom stereocenters. The van der Waals surface area contributed by atoms with Crippen LogP contribution >= 0.6 is 11.6 Å². The molecule has 0 radical (unpaired) electrons. The number of halogens is 4. The number of pyridine rings is 1. The van der Waals surface area contributed by atoms with Crippen molar-refractivity contribution in [2.45, 2.75) is 23.9 Å². The van der Waals surface area contributed by atoms with Gasteiger partial charge in [-0.25, -0.2) is 18.4 Å². The number of aromatic nitrogens is 4. The Morgan fingerprint density at radius 3 is 2.59 bits per heavy atom. The highest BCUT2D eigenvalue weighted by Gasteiger charge is 2.47. The number of hydrogen-bond donors (Lipinski definition) is 1. The molecule has 0 aliphatic heterocycles. The monoisotopic (exact) mass is 484 g/mol. The summed E-state index contributed by atoms with van der Waals surface area (Å²) in [6, 6.07) is 7.18. The molecule has 0 bridgehead atoms. The summed E-state index contributed by atoms with van der Waals surface area (Å²) in [6.07, 6.45) is 1.32. The van der Waals surface area contributed by atoms with Gasteiger partial charge in [0.05, 0.1) is 17.0 Å². The Kier molecular flexibility index (Phi) is 6.20. The predicted octanol–water partition coefficient (Wildman–Crippen LogP) is 2.72. The highest BCUT2D eigenvalue weighted by Crippen LogP contribution is 2.32. The molecule has 2 aromatic heterocycles. The van der Waals surface area contributed by atoms with Crippen LogP contribution in [0, 0.1) is 18.3 Å². The number of benzene rings is 1. The van der Waals surface area contributed by atoms with Crippen molar-refractivity contribution >= 4 is 27.3 Å². The Hall–Kier alpha value is -3.50. The number of nitriles is 1. The van der Waals surface area contributed by atoms with E-state index in [-0.39, 0.29) is 23.0 Å². The normalized spacial score (nSPS) is 11.8. The highest BCUT2D eigenvalue weighted by atomic mass is 35.5. The van der Waals surface area contributed by atoms with E-state index in [0.717, 1.165) is 6.07 Å². The maximum Gasteiger partial charge on any atom is 0.501 e. The van der Waals surface area contributed by atoms with E-state index in [4.69, 9.17) is 16.9 Å². The van der Waals surface area contributed by atoms with Crippen LogP contribution in [0.4, 0.5) is 13.2 Å². The van der Waals surface area contributed by atoms with Crippen LogP contribution in [0.15, 0.2) is 41.4 Å². The van der Waals surface area contributed by atoms with Crippen molar-refractivity contribution in [1.29, 1.82) is 5.26 Å². The van der Waals surface area contributed by atoms with Crippen LogP contribution in [0.1, 0.15) is 27.6 Å². The maximum atomic E-state index is 12.8. The highest BCUT2D eigenvalue weighted by molar-refractivity contribution is 7.92. The number of rotatable bonds is 5. The molecule has 3 aromatic rings. The van der Waals surface area contributed by atoms with Crippen molar-refractivity contribution < 1.29 is 26.4 Å². The van der Waals surface area contributed by atoms with Crippen LogP contribution in [0.25, 0.3) is 5.82 Å². The molecule has 0 aliphatic carbocycles. The maximum absolute atomic E-state index is 12.8. The molecule has 0 atom stereocenters. The zero-order valence-corrected chi connectivity index (χ0v) is 17.6. The van der Waals surface area contributed by atoms with Crippen LogP contribution < -0.4 is 5.32 Å². The average molecular weight is 485 g/mol. The summed E-state index contributed by atoms with van der Waals surface area (Å²) in [6.45, 7) is 1.38. The molecule has 0 saturated heterocycles. The molecule has 2 heterocycles. The average Bonchev–Trinajstić information content (AvgIpc) is 3.11. The van der Waals surface area contributed by atoms with E-state index in [1.54, 1.807) is 6.92 Å². The van der Waals surface area contributed by atoms with Gasteiger partial charge >= 0.3 is 5.51 Å². The smallest absolute Gasteiger partial charge is 0.345 e. The Balaban J connectivity index is 1.85. The van der Waals surface area contributed by atoms with Crippen molar-refractivity contribution in [3.63, 3.8) is 0 Å². The third-order valence-corrected chi connectivity index (χ3v) is 5.71. The zero-order chi connectivity index (χ0) is 23.7. The first-order chi connectivity index (χ1) is 14.9. The molecule has 1 amide bonds. The summed E-state index contributed by atoms with van der Waals surface area (Å²) in [5, 5.41) is 15.1. The number of carbonyl (C=O) groups excluding carboxylic acids is 1.